The van der Waals surface area contributed by atoms with Gasteiger partial charge in [-0.1, -0.05) is 13.8 Å². The van der Waals surface area contributed by atoms with Crippen LogP contribution in [0.5, 0.6) is 0 Å². The zero-order valence-electron chi connectivity index (χ0n) is 11.2. The fraction of sp³-hybridized carbons (Fsp3) is 0.917. The Balaban J connectivity index is 4.17. The average molecular weight is 230 g/mol. The molecule has 0 aromatic carbocycles. The standard InChI is InChI=1S/C12H26N2O2/c1-10(2)6-7-12(3,11(15)16)13-8-9-14(4)5/h10,13H,6-9H2,1-5H3,(H,15,16). The van der Waals surface area contributed by atoms with Gasteiger partial charge in [-0.05, 0) is 39.8 Å². The molecule has 0 spiro atoms. The van der Waals surface area contributed by atoms with Gasteiger partial charge in [-0.25, -0.2) is 0 Å². The van der Waals surface area contributed by atoms with Gasteiger partial charge in [0.15, 0.2) is 0 Å². The van der Waals surface area contributed by atoms with Crippen LogP contribution in [0.4, 0.5) is 0 Å². The second-order valence-corrected chi connectivity index (χ2v) is 5.30. The maximum absolute atomic E-state index is 11.2. The number of aliphatic carboxylic acids is 1. The molecule has 16 heavy (non-hydrogen) atoms. The third-order valence-electron chi connectivity index (χ3n) is 2.77. The van der Waals surface area contributed by atoms with E-state index >= 15 is 0 Å². The highest BCUT2D eigenvalue weighted by atomic mass is 16.4. The second-order valence-electron chi connectivity index (χ2n) is 5.30. The van der Waals surface area contributed by atoms with Crippen molar-refractivity contribution >= 4 is 5.97 Å². The summed E-state index contributed by atoms with van der Waals surface area (Å²) in [7, 11) is 3.96. The van der Waals surface area contributed by atoms with Crippen molar-refractivity contribution in [2.24, 2.45) is 5.92 Å². The van der Waals surface area contributed by atoms with Crippen LogP contribution in [-0.2, 0) is 4.79 Å². The topological polar surface area (TPSA) is 52.6 Å². The van der Waals surface area contributed by atoms with E-state index in [1.54, 1.807) is 6.92 Å². The first-order chi connectivity index (χ1) is 7.28. The summed E-state index contributed by atoms with van der Waals surface area (Å²) in [6.07, 6.45) is 1.60. The molecule has 1 atom stereocenters. The predicted octanol–water partition coefficient (Wildman–Crippen LogP) is 1.42. The molecule has 0 fully saturated rings. The van der Waals surface area contributed by atoms with Crippen LogP contribution in [0.25, 0.3) is 0 Å². The van der Waals surface area contributed by atoms with Crippen LogP contribution < -0.4 is 5.32 Å². The Kier molecular flexibility index (Phi) is 6.60. The Labute approximate surface area is 99.0 Å². The van der Waals surface area contributed by atoms with Gasteiger partial charge >= 0.3 is 5.97 Å². The SMILES string of the molecule is CC(C)CCC(C)(NCCN(C)C)C(=O)O. The maximum atomic E-state index is 11.2. The molecule has 0 aliphatic heterocycles. The fourth-order valence-electron chi connectivity index (χ4n) is 1.40. The molecule has 0 amide bonds. The van der Waals surface area contributed by atoms with Gasteiger partial charge in [0.25, 0.3) is 0 Å². The van der Waals surface area contributed by atoms with Crippen molar-refractivity contribution in [1.82, 2.24) is 10.2 Å². The lowest BCUT2D eigenvalue weighted by atomic mass is 9.92. The average Bonchev–Trinajstić information content (AvgIpc) is 2.13. The number of carbonyl (C=O) groups is 1. The Hall–Kier alpha value is -0.610. The monoisotopic (exact) mass is 230 g/mol. The quantitative estimate of drug-likeness (QED) is 0.662. The molecule has 4 heteroatoms. The largest absolute Gasteiger partial charge is 0.480 e. The van der Waals surface area contributed by atoms with Crippen LogP contribution in [0, 0.1) is 5.92 Å². The highest BCUT2D eigenvalue weighted by Gasteiger charge is 2.31. The van der Waals surface area contributed by atoms with Crippen molar-refractivity contribution in [2.75, 3.05) is 27.2 Å². The fourth-order valence-corrected chi connectivity index (χ4v) is 1.40. The number of carboxylic acid groups (broad SMARTS) is 1. The van der Waals surface area contributed by atoms with Gasteiger partial charge in [0.1, 0.15) is 5.54 Å². The van der Waals surface area contributed by atoms with Crippen LogP contribution in [-0.4, -0.2) is 48.7 Å². The molecule has 0 aromatic rings. The van der Waals surface area contributed by atoms with E-state index in [0.29, 0.717) is 18.9 Å². The molecular weight excluding hydrogens is 204 g/mol. The second kappa shape index (κ2) is 6.86. The van der Waals surface area contributed by atoms with Crippen molar-refractivity contribution < 1.29 is 9.90 Å². The molecule has 0 rings (SSSR count). The van der Waals surface area contributed by atoms with Crippen LogP contribution in [0.1, 0.15) is 33.6 Å². The van der Waals surface area contributed by atoms with Crippen molar-refractivity contribution in [2.45, 2.75) is 39.2 Å². The molecule has 0 radical (unpaired) electrons. The molecule has 0 aliphatic rings. The number of likely N-dealkylation sites (N-methyl/N-ethyl adjacent to an activating group) is 1. The van der Waals surface area contributed by atoms with Gasteiger partial charge in [-0.2, -0.15) is 0 Å². The van der Waals surface area contributed by atoms with Gasteiger partial charge in [0.2, 0.25) is 0 Å². The molecule has 0 aromatic heterocycles. The summed E-state index contributed by atoms with van der Waals surface area (Å²) < 4.78 is 0. The molecule has 0 heterocycles. The summed E-state index contributed by atoms with van der Waals surface area (Å²) in [6.45, 7) is 7.55. The molecule has 0 saturated carbocycles. The predicted molar refractivity (Wildman–Crippen MR) is 66.7 cm³/mol. The number of hydrogen-bond donors (Lipinski definition) is 2. The number of hydrogen-bond acceptors (Lipinski definition) is 3. The minimum atomic E-state index is -0.791. The molecule has 96 valence electrons. The van der Waals surface area contributed by atoms with E-state index < -0.39 is 11.5 Å². The Morgan fingerprint density at radius 1 is 1.44 bits per heavy atom. The van der Waals surface area contributed by atoms with Gasteiger partial charge in [-0.15, -0.1) is 0 Å². The minimum Gasteiger partial charge on any atom is -0.480 e. The summed E-state index contributed by atoms with van der Waals surface area (Å²) in [5.41, 5.74) is -0.791. The van der Waals surface area contributed by atoms with Crippen molar-refractivity contribution in [1.29, 1.82) is 0 Å². The lowest BCUT2D eigenvalue weighted by molar-refractivity contribution is -0.144. The van der Waals surface area contributed by atoms with E-state index in [2.05, 4.69) is 19.2 Å². The first-order valence-corrected chi connectivity index (χ1v) is 5.91. The smallest absolute Gasteiger partial charge is 0.323 e. The number of carboxylic acids is 1. The van der Waals surface area contributed by atoms with E-state index in [1.165, 1.54) is 0 Å². The van der Waals surface area contributed by atoms with Crippen LogP contribution >= 0.6 is 0 Å². The van der Waals surface area contributed by atoms with Gasteiger partial charge in [0.05, 0.1) is 0 Å². The first kappa shape index (κ1) is 15.4. The molecule has 0 saturated heterocycles. The van der Waals surface area contributed by atoms with Crippen LogP contribution in [0.3, 0.4) is 0 Å². The van der Waals surface area contributed by atoms with Crippen molar-refractivity contribution in [3.63, 3.8) is 0 Å². The summed E-state index contributed by atoms with van der Waals surface area (Å²) in [6, 6.07) is 0. The highest BCUT2D eigenvalue weighted by molar-refractivity contribution is 5.78. The van der Waals surface area contributed by atoms with Crippen LogP contribution in [0.15, 0.2) is 0 Å². The molecule has 0 aliphatic carbocycles. The van der Waals surface area contributed by atoms with Gasteiger partial charge in [0, 0.05) is 13.1 Å². The Morgan fingerprint density at radius 2 is 2.00 bits per heavy atom. The first-order valence-electron chi connectivity index (χ1n) is 5.91. The van der Waals surface area contributed by atoms with E-state index in [9.17, 15) is 9.90 Å². The molecule has 1 unspecified atom stereocenters. The lowest BCUT2D eigenvalue weighted by Crippen LogP contribution is -2.51. The number of nitrogens with one attached hydrogen (secondary N) is 1. The highest BCUT2D eigenvalue weighted by Crippen LogP contribution is 2.16. The lowest BCUT2D eigenvalue weighted by Gasteiger charge is -2.27. The third kappa shape index (κ3) is 6.08. The minimum absolute atomic E-state index is 0.536. The van der Waals surface area contributed by atoms with E-state index in [4.69, 9.17) is 0 Å². The summed E-state index contributed by atoms with van der Waals surface area (Å²) >= 11 is 0. The Morgan fingerprint density at radius 3 is 2.38 bits per heavy atom. The van der Waals surface area contributed by atoms with E-state index in [0.717, 1.165) is 13.0 Å². The summed E-state index contributed by atoms with van der Waals surface area (Å²) in [5.74, 6) is -0.221. The maximum Gasteiger partial charge on any atom is 0.323 e. The zero-order chi connectivity index (χ0) is 12.8. The number of nitrogens with zero attached hydrogens (tertiary/aromatic N) is 1. The van der Waals surface area contributed by atoms with Gasteiger partial charge < -0.3 is 15.3 Å². The van der Waals surface area contributed by atoms with Gasteiger partial charge in [-0.3, -0.25) is 4.79 Å². The number of rotatable bonds is 8. The molecule has 0 bridgehead atoms. The van der Waals surface area contributed by atoms with Crippen molar-refractivity contribution in [3.05, 3.63) is 0 Å². The Bertz CT molecular complexity index is 217. The molecular formula is C12H26N2O2. The normalized spacial score (nSPS) is 15.4. The summed E-state index contributed by atoms with van der Waals surface area (Å²) in [4.78, 5) is 13.3. The van der Waals surface area contributed by atoms with Crippen molar-refractivity contribution in [3.8, 4) is 0 Å². The zero-order valence-corrected chi connectivity index (χ0v) is 11.2. The summed E-state index contributed by atoms with van der Waals surface area (Å²) in [5, 5.41) is 12.4. The van der Waals surface area contributed by atoms with E-state index in [1.807, 2.05) is 19.0 Å². The van der Waals surface area contributed by atoms with E-state index in [-0.39, 0.29) is 0 Å². The molecule has 4 nitrogen and oxygen atoms in total. The third-order valence-corrected chi connectivity index (χ3v) is 2.77. The molecule has 2 N–H and O–H groups in total. The van der Waals surface area contributed by atoms with Crippen LogP contribution in [0.2, 0.25) is 0 Å².